The molecule has 1 aliphatic heterocycles. The van der Waals surface area contributed by atoms with Gasteiger partial charge in [0.1, 0.15) is 11.3 Å². The first kappa shape index (κ1) is 26.3. The van der Waals surface area contributed by atoms with Crippen LogP contribution >= 0.6 is 0 Å². The van der Waals surface area contributed by atoms with Crippen molar-refractivity contribution in [3.8, 4) is 17.0 Å². The van der Waals surface area contributed by atoms with Gasteiger partial charge in [-0.3, -0.25) is 14.4 Å². The number of nitrogens with zero attached hydrogens (tertiary/aromatic N) is 4. The first-order valence-electron chi connectivity index (χ1n) is 12.4. The van der Waals surface area contributed by atoms with Crippen LogP contribution < -0.4 is 10.3 Å². The van der Waals surface area contributed by atoms with Crippen LogP contribution in [0.5, 0.6) is 5.75 Å². The van der Waals surface area contributed by atoms with Crippen LogP contribution in [0.15, 0.2) is 34.0 Å². The Morgan fingerprint density at radius 1 is 1.19 bits per heavy atom. The molecule has 1 aliphatic rings. The number of likely N-dealkylation sites (N-methyl/N-ethyl adjacent to an activating group) is 1. The number of hydrogen-bond donors (Lipinski definition) is 1. The highest BCUT2D eigenvalue weighted by molar-refractivity contribution is 7.89. The van der Waals surface area contributed by atoms with E-state index in [0.29, 0.717) is 61.9 Å². The third-order valence-electron chi connectivity index (χ3n) is 6.49. The number of fused-ring (bicyclic) bond motifs is 1. The second-order valence-electron chi connectivity index (χ2n) is 8.99. The highest BCUT2D eigenvalue weighted by atomic mass is 32.2. The number of aromatic amines is 1. The molecule has 0 unspecified atom stereocenters. The summed E-state index contributed by atoms with van der Waals surface area (Å²) in [6.07, 6.45) is 1.46. The number of sulfonamides is 1. The minimum atomic E-state index is -3.76. The van der Waals surface area contributed by atoms with Crippen LogP contribution in [0.1, 0.15) is 26.0 Å². The topological polar surface area (TPSA) is 110 Å². The van der Waals surface area contributed by atoms with Crippen molar-refractivity contribution in [3.05, 3.63) is 40.3 Å². The zero-order chi connectivity index (χ0) is 25.9. The Kier molecular flexibility index (Phi) is 8.13. The van der Waals surface area contributed by atoms with E-state index >= 15 is 0 Å². The number of hydrogen-bond acceptors (Lipinski definition) is 7. The lowest BCUT2D eigenvalue weighted by Gasteiger charge is -2.28. The average Bonchev–Trinajstić information content (AvgIpc) is 3.22. The summed E-state index contributed by atoms with van der Waals surface area (Å²) in [6, 6.07) is 6.67. The second-order valence-corrected chi connectivity index (χ2v) is 11.0. The van der Waals surface area contributed by atoms with Crippen LogP contribution in [0, 0.1) is 0 Å². The molecule has 1 fully saturated rings. The molecule has 0 bridgehead atoms. The molecule has 1 saturated heterocycles. The number of nitrogens with one attached hydrogen (secondary N) is 1. The summed E-state index contributed by atoms with van der Waals surface area (Å²) in [4.78, 5) is 18.2. The van der Waals surface area contributed by atoms with E-state index in [-0.39, 0.29) is 10.5 Å². The first-order valence-corrected chi connectivity index (χ1v) is 13.8. The number of rotatable bonds is 10. The average molecular weight is 518 g/mol. The summed E-state index contributed by atoms with van der Waals surface area (Å²) in [6.45, 7) is 8.38. The van der Waals surface area contributed by atoms with Gasteiger partial charge in [-0.05, 0) is 37.1 Å². The predicted octanol–water partition coefficient (Wildman–Crippen LogP) is 2.23. The van der Waals surface area contributed by atoms with E-state index in [1.807, 2.05) is 19.9 Å². The van der Waals surface area contributed by atoms with Gasteiger partial charge in [-0.15, -0.1) is 0 Å². The Morgan fingerprint density at radius 3 is 2.64 bits per heavy atom. The monoisotopic (exact) mass is 517 g/mol. The minimum absolute atomic E-state index is 0.147. The largest absolute Gasteiger partial charge is 0.493 e. The van der Waals surface area contributed by atoms with Crippen molar-refractivity contribution in [2.24, 2.45) is 7.05 Å². The zero-order valence-corrected chi connectivity index (χ0v) is 22.2. The maximum absolute atomic E-state index is 13.5. The molecular formula is C25H35N5O5S. The number of morpholine rings is 1. The van der Waals surface area contributed by atoms with E-state index in [9.17, 15) is 13.2 Å². The number of pyridine rings is 1. The molecule has 3 heterocycles. The summed E-state index contributed by atoms with van der Waals surface area (Å²) in [5, 5.41) is 5.21. The van der Waals surface area contributed by atoms with Crippen molar-refractivity contribution >= 4 is 20.9 Å². The molecule has 0 spiro atoms. The Labute approximate surface area is 211 Å². The Morgan fingerprint density at radius 2 is 1.94 bits per heavy atom. The number of ether oxygens (including phenoxy) is 2. The Balaban J connectivity index is 1.72. The van der Waals surface area contributed by atoms with Crippen LogP contribution in [-0.4, -0.2) is 85.4 Å². The smallest absolute Gasteiger partial charge is 0.274 e. The summed E-state index contributed by atoms with van der Waals surface area (Å²) in [5.41, 5.74) is 2.03. The van der Waals surface area contributed by atoms with E-state index < -0.39 is 10.0 Å². The lowest BCUT2D eigenvalue weighted by Crippen LogP contribution is -2.41. The molecule has 0 amide bonds. The highest BCUT2D eigenvalue weighted by Crippen LogP contribution is 2.33. The van der Waals surface area contributed by atoms with Crippen molar-refractivity contribution in [2.75, 3.05) is 53.0 Å². The fourth-order valence-corrected chi connectivity index (χ4v) is 5.60. The highest BCUT2D eigenvalue weighted by Gasteiger charge is 2.24. The van der Waals surface area contributed by atoms with Gasteiger partial charge in [-0.2, -0.15) is 9.40 Å². The molecule has 36 heavy (non-hydrogen) atoms. The lowest BCUT2D eigenvalue weighted by atomic mass is 10.1. The summed E-state index contributed by atoms with van der Waals surface area (Å²) < 4.78 is 41.2. The third kappa shape index (κ3) is 5.34. The van der Waals surface area contributed by atoms with Gasteiger partial charge >= 0.3 is 0 Å². The fraction of sp³-hybridized carbons (Fsp3) is 0.520. The molecule has 10 nitrogen and oxygen atoms in total. The SMILES string of the molecule is CCCOc1ccc(S(=O)(=O)N(C)CCN2CCOCC2)cc1-c1cc2c(CC)nn(C)c2c(=O)[nH]1. The van der Waals surface area contributed by atoms with E-state index in [0.717, 1.165) is 30.6 Å². The van der Waals surface area contributed by atoms with E-state index in [4.69, 9.17) is 9.47 Å². The lowest BCUT2D eigenvalue weighted by molar-refractivity contribution is 0.0368. The number of aromatic nitrogens is 3. The quantitative estimate of drug-likeness (QED) is 0.439. The van der Waals surface area contributed by atoms with Gasteiger partial charge in [-0.25, -0.2) is 8.42 Å². The first-order chi connectivity index (χ1) is 17.3. The Hall–Kier alpha value is -2.73. The fourth-order valence-electron chi connectivity index (χ4n) is 4.41. The van der Waals surface area contributed by atoms with E-state index in [1.165, 1.54) is 4.31 Å². The maximum atomic E-state index is 13.5. The predicted molar refractivity (Wildman–Crippen MR) is 139 cm³/mol. The molecular weight excluding hydrogens is 482 g/mol. The Bertz CT molecular complexity index is 1380. The number of aryl methyl sites for hydroxylation is 2. The zero-order valence-electron chi connectivity index (χ0n) is 21.4. The van der Waals surface area contributed by atoms with Crippen LogP contribution in [0.2, 0.25) is 0 Å². The van der Waals surface area contributed by atoms with Gasteiger partial charge in [0.05, 0.1) is 36.1 Å². The maximum Gasteiger partial charge on any atom is 0.274 e. The van der Waals surface area contributed by atoms with Crippen LogP contribution in [0.4, 0.5) is 0 Å². The molecule has 11 heteroatoms. The van der Waals surface area contributed by atoms with Crippen molar-refractivity contribution in [2.45, 2.75) is 31.6 Å². The van der Waals surface area contributed by atoms with Gasteiger partial charge in [0.2, 0.25) is 10.0 Å². The molecule has 0 saturated carbocycles. The molecule has 196 valence electrons. The van der Waals surface area contributed by atoms with Crippen LogP contribution in [-0.2, 0) is 28.2 Å². The van der Waals surface area contributed by atoms with Gasteiger partial charge < -0.3 is 14.5 Å². The van der Waals surface area contributed by atoms with Crippen molar-refractivity contribution < 1.29 is 17.9 Å². The van der Waals surface area contributed by atoms with Gasteiger partial charge in [-0.1, -0.05) is 13.8 Å². The van der Waals surface area contributed by atoms with Crippen molar-refractivity contribution in [1.82, 2.24) is 24.0 Å². The van der Waals surface area contributed by atoms with E-state index in [2.05, 4.69) is 15.0 Å². The van der Waals surface area contributed by atoms with Crippen LogP contribution in [0.3, 0.4) is 0 Å². The van der Waals surface area contributed by atoms with Crippen molar-refractivity contribution in [1.29, 1.82) is 0 Å². The van der Waals surface area contributed by atoms with Gasteiger partial charge in [0.25, 0.3) is 5.56 Å². The number of benzene rings is 1. The van der Waals surface area contributed by atoms with Gasteiger partial charge in [0, 0.05) is 51.2 Å². The molecule has 0 aliphatic carbocycles. The second kappa shape index (κ2) is 11.1. The minimum Gasteiger partial charge on any atom is -0.493 e. The van der Waals surface area contributed by atoms with Crippen LogP contribution in [0.25, 0.3) is 22.2 Å². The molecule has 1 N–H and O–H groups in total. The standard InChI is InChI=1S/C25H35N5O5S/c1-5-13-35-23-8-7-18(36(32,33)28(3)9-10-30-11-14-34-15-12-30)16-19(23)22-17-20-21(6-2)27-29(4)24(20)25(31)26-22/h7-8,16-17H,5-6,9-15H2,1-4H3,(H,26,31). The normalized spacial score (nSPS) is 15.1. The summed E-state index contributed by atoms with van der Waals surface area (Å²) in [7, 11) is -0.424. The molecule has 1 aromatic carbocycles. The summed E-state index contributed by atoms with van der Waals surface area (Å²) in [5.74, 6) is 0.517. The van der Waals surface area contributed by atoms with Gasteiger partial charge in [0.15, 0.2) is 0 Å². The molecule has 4 rings (SSSR count). The van der Waals surface area contributed by atoms with Crippen molar-refractivity contribution in [3.63, 3.8) is 0 Å². The molecule has 0 atom stereocenters. The third-order valence-corrected chi connectivity index (χ3v) is 8.35. The molecule has 3 aromatic rings. The number of H-pyrrole nitrogens is 1. The summed E-state index contributed by atoms with van der Waals surface area (Å²) >= 11 is 0. The molecule has 2 aromatic heterocycles. The molecule has 0 radical (unpaired) electrons. The van der Waals surface area contributed by atoms with E-state index in [1.54, 1.807) is 37.0 Å².